The molecule has 0 saturated carbocycles. The highest BCUT2D eigenvalue weighted by Crippen LogP contribution is 2.36. The van der Waals surface area contributed by atoms with Crippen molar-refractivity contribution in [3.8, 4) is 0 Å². The molecule has 2 nitrogen and oxygen atoms in total. The van der Waals surface area contributed by atoms with E-state index in [1.807, 2.05) is 0 Å². The van der Waals surface area contributed by atoms with E-state index in [1.54, 1.807) is 11.3 Å². The Morgan fingerprint density at radius 3 is 3.00 bits per heavy atom. The molecular weight excluding hydrogens is 272 g/mol. The molecule has 0 amide bonds. The van der Waals surface area contributed by atoms with Gasteiger partial charge in [-0.1, -0.05) is 13.8 Å². The number of thioether (sulfide) groups is 1. The van der Waals surface area contributed by atoms with Crippen LogP contribution in [-0.4, -0.2) is 22.5 Å². The molecule has 1 saturated heterocycles. The molecule has 19 heavy (non-hydrogen) atoms. The molecule has 0 spiro atoms. The first-order valence-corrected chi connectivity index (χ1v) is 8.73. The van der Waals surface area contributed by atoms with Crippen molar-refractivity contribution in [2.45, 2.75) is 33.2 Å². The predicted molar refractivity (Wildman–Crippen MR) is 87.5 cm³/mol. The number of hydrogen-bond acceptors (Lipinski definition) is 4. The van der Waals surface area contributed by atoms with Gasteiger partial charge in [-0.15, -0.1) is 11.3 Å². The number of rotatable bonds is 2. The second-order valence-corrected chi connectivity index (χ2v) is 8.31. The molecule has 1 atom stereocenters. The zero-order valence-electron chi connectivity index (χ0n) is 11.7. The van der Waals surface area contributed by atoms with Crippen LogP contribution in [0, 0.1) is 12.3 Å². The van der Waals surface area contributed by atoms with E-state index < -0.39 is 0 Å². The van der Waals surface area contributed by atoms with Crippen molar-refractivity contribution in [3.05, 3.63) is 23.2 Å². The SMILES string of the molecule is Cc1nc2ccc(NC3CSCCC3(C)C)cc2s1. The Hall–Kier alpha value is -0.740. The normalized spacial score (nSPS) is 22.6. The smallest absolute Gasteiger partial charge is 0.0907 e. The van der Waals surface area contributed by atoms with Gasteiger partial charge in [-0.25, -0.2) is 4.98 Å². The molecular formula is C15H20N2S2. The maximum atomic E-state index is 4.52. The Morgan fingerprint density at radius 1 is 1.37 bits per heavy atom. The van der Waals surface area contributed by atoms with Crippen LogP contribution in [0.1, 0.15) is 25.3 Å². The molecule has 0 aliphatic carbocycles. The van der Waals surface area contributed by atoms with Crippen LogP contribution < -0.4 is 5.32 Å². The molecule has 1 N–H and O–H groups in total. The lowest BCUT2D eigenvalue weighted by Crippen LogP contribution is -2.41. The van der Waals surface area contributed by atoms with Crippen LogP contribution in [0.3, 0.4) is 0 Å². The van der Waals surface area contributed by atoms with Gasteiger partial charge in [0.25, 0.3) is 0 Å². The highest BCUT2D eigenvalue weighted by molar-refractivity contribution is 7.99. The number of benzene rings is 1. The molecule has 1 aromatic heterocycles. The maximum absolute atomic E-state index is 4.52. The van der Waals surface area contributed by atoms with Crippen LogP contribution in [0.15, 0.2) is 18.2 Å². The Balaban J connectivity index is 1.84. The molecule has 1 aliphatic heterocycles. The Kier molecular flexibility index (Phi) is 3.48. The van der Waals surface area contributed by atoms with Crippen molar-refractivity contribution in [1.82, 2.24) is 4.98 Å². The second kappa shape index (κ2) is 4.98. The number of thiazole rings is 1. The minimum Gasteiger partial charge on any atom is -0.381 e. The number of hydrogen-bond donors (Lipinski definition) is 1. The molecule has 2 aromatic rings. The molecule has 1 fully saturated rings. The van der Waals surface area contributed by atoms with Crippen LogP contribution in [-0.2, 0) is 0 Å². The van der Waals surface area contributed by atoms with Gasteiger partial charge < -0.3 is 5.32 Å². The third-order valence-electron chi connectivity index (χ3n) is 3.95. The van der Waals surface area contributed by atoms with Crippen molar-refractivity contribution in [3.63, 3.8) is 0 Å². The van der Waals surface area contributed by atoms with E-state index in [2.05, 4.69) is 61.0 Å². The molecule has 1 aliphatic rings. The van der Waals surface area contributed by atoms with Crippen LogP contribution >= 0.6 is 23.1 Å². The van der Waals surface area contributed by atoms with Crippen molar-refractivity contribution in [1.29, 1.82) is 0 Å². The fraction of sp³-hybridized carbons (Fsp3) is 0.533. The molecule has 1 unspecified atom stereocenters. The Labute approximate surface area is 123 Å². The summed E-state index contributed by atoms with van der Waals surface area (Å²) in [6.45, 7) is 6.82. The largest absolute Gasteiger partial charge is 0.381 e. The number of fused-ring (bicyclic) bond motifs is 1. The number of nitrogens with zero attached hydrogens (tertiary/aromatic N) is 1. The summed E-state index contributed by atoms with van der Waals surface area (Å²) in [6.07, 6.45) is 1.29. The summed E-state index contributed by atoms with van der Waals surface area (Å²) in [4.78, 5) is 4.52. The average molecular weight is 292 g/mol. The number of anilines is 1. The molecule has 0 radical (unpaired) electrons. The summed E-state index contributed by atoms with van der Waals surface area (Å²) in [5.74, 6) is 2.49. The van der Waals surface area contributed by atoms with Crippen LogP contribution in [0.25, 0.3) is 10.2 Å². The number of aromatic nitrogens is 1. The first-order chi connectivity index (χ1) is 9.04. The van der Waals surface area contributed by atoms with Gasteiger partial charge in [-0.2, -0.15) is 11.8 Å². The van der Waals surface area contributed by atoms with Crippen LogP contribution in [0.5, 0.6) is 0 Å². The summed E-state index contributed by atoms with van der Waals surface area (Å²) in [6, 6.07) is 7.09. The zero-order chi connectivity index (χ0) is 13.5. The van der Waals surface area contributed by atoms with Gasteiger partial charge in [0.2, 0.25) is 0 Å². The summed E-state index contributed by atoms with van der Waals surface area (Å²) >= 11 is 3.83. The average Bonchev–Trinajstić information content (AvgIpc) is 2.71. The van der Waals surface area contributed by atoms with Crippen molar-refractivity contribution < 1.29 is 0 Å². The monoisotopic (exact) mass is 292 g/mol. The zero-order valence-corrected chi connectivity index (χ0v) is 13.3. The van der Waals surface area contributed by atoms with Gasteiger partial charge >= 0.3 is 0 Å². The quantitative estimate of drug-likeness (QED) is 0.879. The molecule has 0 bridgehead atoms. The van der Waals surface area contributed by atoms with Gasteiger partial charge in [-0.3, -0.25) is 0 Å². The molecule has 1 aromatic carbocycles. The summed E-state index contributed by atoms with van der Waals surface area (Å²) < 4.78 is 1.28. The minimum absolute atomic E-state index is 0.379. The van der Waals surface area contributed by atoms with E-state index in [-0.39, 0.29) is 0 Å². The van der Waals surface area contributed by atoms with Crippen molar-refractivity contribution >= 4 is 39.0 Å². The molecule has 2 heterocycles. The minimum atomic E-state index is 0.379. The number of aryl methyl sites for hydroxylation is 1. The van der Waals surface area contributed by atoms with E-state index in [9.17, 15) is 0 Å². The fourth-order valence-corrected chi connectivity index (χ4v) is 4.98. The first-order valence-electron chi connectivity index (χ1n) is 6.76. The first kappa shape index (κ1) is 13.3. The molecule has 4 heteroatoms. The molecule has 3 rings (SSSR count). The number of nitrogens with one attached hydrogen (secondary N) is 1. The van der Waals surface area contributed by atoms with E-state index >= 15 is 0 Å². The van der Waals surface area contributed by atoms with Crippen LogP contribution in [0.4, 0.5) is 5.69 Å². The van der Waals surface area contributed by atoms with E-state index in [0.717, 1.165) is 10.5 Å². The summed E-state index contributed by atoms with van der Waals surface area (Å²) in [7, 11) is 0. The third-order valence-corrected chi connectivity index (χ3v) is 5.95. The Morgan fingerprint density at radius 2 is 2.21 bits per heavy atom. The Bertz CT molecular complexity index is 589. The van der Waals surface area contributed by atoms with Gasteiger partial charge in [0.1, 0.15) is 0 Å². The van der Waals surface area contributed by atoms with Crippen LogP contribution in [0.2, 0.25) is 0 Å². The third kappa shape index (κ3) is 2.75. The van der Waals surface area contributed by atoms with Gasteiger partial charge in [0.15, 0.2) is 0 Å². The van der Waals surface area contributed by atoms with Gasteiger partial charge in [0.05, 0.1) is 15.2 Å². The van der Waals surface area contributed by atoms with Crippen molar-refractivity contribution in [2.24, 2.45) is 5.41 Å². The lowest BCUT2D eigenvalue weighted by Gasteiger charge is -2.39. The topological polar surface area (TPSA) is 24.9 Å². The fourth-order valence-electron chi connectivity index (χ4n) is 2.50. The predicted octanol–water partition coefficient (Wildman–Crippen LogP) is 4.55. The van der Waals surface area contributed by atoms with Crippen molar-refractivity contribution in [2.75, 3.05) is 16.8 Å². The summed E-state index contributed by atoms with van der Waals surface area (Å²) in [5, 5.41) is 4.87. The maximum Gasteiger partial charge on any atom is 0.0907 e. The highest BCUT2D eigenvalue weighted by Gasteiger charge is 2.32. The lowest BCUT2D eigenvalue weighted by atomic mass is 9.82. The standard InChI is InChI=1S/C15H20N2S2/c1-10-16-12-5-4-11(8-13(12)19-10)17-14-9-18-7-6-15(14,2)3/h4-5,8,14,17H,6-7,9H2,1-3H3. The summed E-state index contributed by atoms with van der Waals surface area (Å²) in [5.41, 5.74) is 2.73. The van der Waals surface area contributed by atoms with E-state index in [0.29, 0.717) is 11.5 Å². The highest BCUT2D eigenvalue weighted by atomic mass is 32.2. The van der Waals surface area contributed by atoms with Gasteiger partial charge in [-0.05, 0) is 42.7 Å². The second-order valence-electron chi connectivity index (χ2n) is 5.93. The lowest BCUT2D eigenvalue weighted by molar-refractivity contribution is 0.305. The molecule has 102 valence electrons. The van der Waals surface area contributed by atoms with Gasteiger partial charge in [0, 0.05) is 17.5 Å². The van der Waals surface area contributed by atoms with E-state index in [1.165, 1.54) is 28.3 Å². The van der Waals surface area contributed by atoms with E-state index in [4.69, 9.17) is 0 Å².